The third-order valence-electron chi connectivity index (χ3n) is 6.53. The number of hydrogen-bond donors (Lipinski definition) is 2. The van der Waals surface area contributed by atoms with Crippen molar-refractivity contribution in [2.45, 2.75) is 89.8 Å². The minimum absolute atomic E-state index is 0.0707. The highest BCUT2D eigenvalue weighted by Gasteiger charge is 2.41. The first kappa shape index (κ1) is 21.8. The molecule has 7 nitrogen and oxygen atoms in total. The van der Waals surface area contributed by atoms with Crippen LogP contribution >= 0.6 is 0 Å². The van der Waals surface area contributed by atoms with Gasteiger partial charge in [-0.25, -0.2) is 0 Å². The summed E-state index contributed by atoms with van der Waals surface area (Å²) in [7, 11) is 1.86. The second-order valence-corrected chi connectivity index (χ2v) is 8.97. The van der Waals surface area contributed by atoms with Crippen LogP contribution in [0.1, 0.15) is 92.6 Å². The molecule has 1 atom stereocenters. The topological polar surface area (TPSA) is 79.3 Å². The molecule has 29 heavy (non-hydrogen) atoms. The molecule has 0 spiro atoms. The molecule has 0 aromatic carbocycles. The maximum absolute atomic E-state index is 13.0. The van der Waals surface area contributed by atoms with Gasteiger partial charge in [-0.15, -0.1) is 0 Å². The van der Waals surface area contributed by atoms with Crippen molar-refractivity contribution in [3.63, 3.8) is 0 Å². The summed E-state index contributed by atoms with van der Waals surface area (Å²) in [6, 6.07) is 2.17. The number of likely N-dealkylation sites (N-methyl/N-ethyl adjacent to an activating group) is 1. The van der Waals surface area contributed by atoms with E-state index in [2.05, 4.69) is 29.6 Å². The van der Waals surface area contributed by atoms with E-state index >= 15 is 0 Å². The molecule has 2 aliphatic rings. The second-order valence-electron chi connectivity index (χ2n) is 8.97. The van der Waals surface area contributed by atoms with Crippen LogP contribution in [-0.2, 0) is 6.54 Å². The van der Waals surface area contributed by atoms with Gasteiger partial charge in [0, 0.05) is 32.2 Å². The van der Waals surface area contributed by atoms with E-state index in [0.717, 1.165) is 19.4 Å². The van der Waals surface area contributed by atoms with Gasteiger partial charge in [-0.1, -0.05) is 45.4 Å². The summed E-state index contributed by atoms with van der Waals surface area (Å²) in [6.45, 7) is 6.24. The summed E-state index contributed by atoms with van der Waals surface area (Å²) >= 11 is 0. The molecule has 7 heteroatoms. The van der Waals surface area contributed by atoms with Crippen LogP contribution in [0, 0.1) is 0 Å². The summed E-state index contributed by atoms with van der Waals surface area (Å²) in [6.07, 6.45) is 10.8. The lowest BCUT2D eigenvalue weighted by Crippen LogP contribution is -2.60. The first-order valence-corrected chi connectivity index (χ1v) is 11.3. The molecule has 1 aromatic heterocycles. The Labute approximate surface area is 174 Å². The fourth-order valence-electron chi connectivity index (χ4n) is 4.36. The van der Waals surface area contributed by atoms with Crippen LogP contribution in [0.2, 0.25) is 0 Å². The lowest BCUT2D eigenvalue weighted by atomic mass is 9.92. The van der Waals surface area contributed by atoms with Gasteiger partial charge in [0.1, 0.15) is 5.69 Å². The zero-order chi connectivity index (χ0) is 20.9. The molecule has 1 aliphatic heterocycles. The molecule has 2 heterocycles. The van der Waals surface area contributed by atoms with Crippen molar-refractivity contribution in [2.24, 2.45) is 0 Å². The Bertz CT molecular complexity index is 710. The Kier molecular flexibility index (Phi) is 7.33. The Morgan fingerprint density at radius 2 is 2.00 bits per heavy atom. The minimum atomic E-state index is -0.360. The van der Waals surface area contributed by atoms with E-state index in [1.165, 1.54) is 44.9 Å². The SMILES string of the molecule is CCCCCCNC(=O)c1cc2n(n1)CC(C)(CNC1CCCCC1)N(C)C2=O. The zero-order valence-corrected chi connectivity index (χ0v) is 18.3. The van der Waals surface area contributed by atoms with E-state index in [1.807, 2.05) is 11.9 Å². The Hall–Kier alpha value is -1.89. The number of rotatable bonds is 9. The molecule has 1 fully saturated rings. The Balaban J connectivity index is 1.62. The van der Waals surface area contributed by atoms with Crippen molar-refractivity contribution in [1.29, 1.82) is 0 Å². The largest absolute Gasteiger partial charge is 0.351 e. The number of fused-ring (bicyclic) bond motifs is 1. The number of nitrogens with one attached hydrogen (secondary N) is 2. The molecular formula is C22H37N5O2. The smallest absolute Gasteiger partial charge is 0.272 e. The number of carbonyl (C=O) groups is 2. The van der Waals surface area contributed by atoms with E-state index in [-0.39, 0.29) is 17.4 Å². The molecule has 0 saturated heterocycles. The van der Waals surface area contributed by atoms with Gasteiger partial charge in [-0.05, 0) is 26.2 Å². The van der Waals surface area contributed by atoms with E-state index in [0.29, 0.717) is 30.5 Å². The predicted octanol–water partition coefficient (Wildman–Crippen LogP) is 2.96. The molecule has 3 rings (SSSR count). The maximum Gasteiger partial charge on any atom is 0.272 e. The average Bonchev–Trinajstić information content (AvgIpc) is 3.15. The Morgan fingerprint density at radius 1 is 1.24 bits per heavy atom. The molecule has 1 unspecified atom stereocenters. The van der Waals surface area contributed by atoms with Gasteiger partial charge in [0.2, 0.25) is 0 Å². The zero-order valence-electron chi connectivity index (χ0n) is 18.3. The van der Waals surface area contributed by atoms with Crippen molar-refractivity contribution in [1.82, 2.24) is 25.3 Å². The highest BCUT2D eigenvalue weighted by Crippen LogP contribution is 2.26. The number of hydrogen-bond acceptors (Lipinski definition) is 4. The van der Waals surface area contributed by atoms with Crippen molar-refractivity contribution >= 4 is 11.8 Å². The van der Waals surface area contributed by atoms with Crippen LogP contribution in [0.5, 0.6) is 0 Å². The number of unbranched alkanes of at least 4 members (excludes halogenated alkanes) is 3. The van der Waals surface area contributed by atoms with Gasteiger partial charge in [0.05, 0.1) is 12.1 Å². The lowest BCUT2D eigenvalue weighted by Gasteiger charge is -2.43. The monoisotopic (exact) mass is 403 g/mol. The van der Waals surface area contributed by atoms with Crippen LogP contribution in [-0.4, -0.2) is 58.2 Å². The molecule has 1 saturated carbocycles. The van der Waals surface area contributed by atoms with Crippen molar-refractivity contribution in [3.05, 3.63) is 17.5 Å². The van der Waals surface area contributed by atoms with E-state index in [4.69, 9.17) is 0 Å². The third kappa shape index (κ3) is 5.18. The fourth-order valence-corrected chi connectivity index (χ4v) is 4.36. The molecular weight excluding hydrogens is 366 g/mol. The summed E-state index contributed by atoms with van der Waals surface area (Å²) in [5.41, 5.74) is 0.474. The second kappa shape index (κ2) is 9.74. The number of nitrogens with zero attached hydrogens (tertiary/aromatic N) is 3. The summed E-state index contributed by atoms with van der Waals surface area (Å²) in [5.74, 6) is -0.264. The van der Waals surface area contributed by atoms with E-state index in [9.17, 15) is 9.59 Å². The average molecular weight is 404 g/mol. The number of amides is 2. The lowest BCUT2D eigenvalue weighted by molar-refractivity contribution is 0.0430. The third-order valence-corrected chi connectivity index (χ3v) is 6.53. The first-order chi connectivity index (χ1) is 13.9. The van der Waals surface area contributed by atoms with Gasteiger partial charge >= 0.3 is 0 Å². The molecule has 0 bridgehead atoms. The Morgan fingerprint density at radius 3 is 2.72 bits per heavy atom. The molecule has 162 valence electrons. The fraction of sp³-hybridized carbons (Fsp3) is 0.773. The molecule has 1 aromatic rings. The van der Waals surface area contributed by atoms with Crippen molar-refractivity contribution in [2.75, 3.05) is 20.1 Å². The van der Waals surface area contributed by atoms with Crippen LogP contribution in [0.3, 0.4) is 0 Å². The number of carbonyl (C=O) groups excluding carboxylic acids is 2. The van der Waals surface area contributed by atoms with Gasteiger partial charge in [-0.2, -0.15) is 5.10 Å². The van der Waals surface area contributed by atoms with E-state index < -0.39 is 0 Å². The summed E-state index contributed by atoms with van der Waals surface area (Å²) in [5, 5.41) is 11.1. The molecule has 2 amide bonds. The van der Waals surface area contributed by atoms with Crippen LogP contribution in [0.15, 0.2) is 6.07 Å². The normalized spacial score (nSPS) is 22.6. The quantitative estimate of drug-likeness (QED) is 0.621. The van der Waals surface area contributed by atoms with Gasteiger partial charge in [0.15, 0.2) is 5.69 Å². The van der Waals surface area contributed by atoms with Crippen LogP contribution < -0.4 is 10.6 Å². The van der Waals surface area contributed by atoms with Crippen LogP contribution in [0.25, 0.3) is 0 Å². The number of aromatic nitrogens is 2. The highest BCUT2D eigenvalue weighted by molar-refractivity contribution is 5.98. The minimum Gasteiger partial charge on any atom is -0.351 e. The van der Waals surface area contributed by atoms with Crippen LogP contribution in [0.4, 0.5) is 0 Å². The van der Waals surface area contributed by atoms with Crippen molar-refractivity contribution in [3.8, 4) is 0 Å². The predicted molar refractivity (Wildman–Crippen MR) is 114 cm³/mol. The maximum atomic E-state index is 13.0. The van der Waals surface area contributed by atoms with Gasteiger partial charge in [-0.3, -0.25) is 14.3 Å². The standard InChI is InChI=1S/C22H37N5O2/c1-4-5-6-10-13-23-20(28)18-14-19-21(29)26(3)22(2,16-27(19)25-18)15-24-17-11-8-7-9-12-17/h14,17,24H,4-13,15-16H2,1-3H3,(H,23,28). The molecule has 1 aliphatic carbocycles. The molecule has 0 radical (unpaired) electrons. The van der Waals surface area contributed by atoms with Gasteiger partial charge < -0.3 is 15.5 Å². The molecule has 2 N–H and O–H groups in total. The van der Waals surface area contributed by atoms with Crippen molar-refractivity contribution < 1.29 is 9.59 Å². The first-order valence-electron chi connectivity index (χ1n) is 11.3. The van der Waals surface area contributed by atoms with Gasteiger partial charge in [0.25, 0.3) is 11.8 Å². The van der Waals surface area contributed by atoms with E-state index in [1.54, 1.807) is 10.7 Å². The summed E-state index contributed by atoms with van der Waals surface area (Å²) in [4.78, 5) is 27.2. The highest BCUT2D eigenvalue weighted by atomic mass is 16.2. The summed E-state index contributed by atoms with van der Waals surface area (Å²) < 4.78 is 1.72.